The standard InChI is InChI=1S/C45H31N3O5/c1-30-10-16-33(17-11-30)42(47-41-29-46-45(51)48-44(41)50)34-20-24-37(25-21-34)52-39-8-5-9-40(28-39)53-38-26-22-36(23-27-38)43(49)35-18-14-32(15-19-35)13-12-31-6-3-2-4-7-31/h2-11,14-29H,1H3,(H2,46,48,50,51). The number of aromatic amines is 2. The van der Waals surface area contributed by atoms with Crippen molar-refractivity contribution in [3.05, 3.63) is 218 Å². The molecule has 2 N–H and O–H groups in total. The molecule has 0 saturated heterocycles. The molecule has 0 unspecified atom stereocenters. The Morgan fingerprint density at radius 1 is 0.566 bits per heavy atom. The number of ether oxygens (including phenoxy) is 2. The van der Waals surface area contributed by atoms with E-state index in [4.69, 9.17) is 9.47 Å². The number of hydrogen-bond donors (Lipinski definition) is 2. The molecule has 0 fully saturated rings. The Morgan fingerprint density at radius 2 is 1.08 bits per heavy atom. The van der Waals surface area contributed by atoms with Gasteiger partial charge in [-0.25, -0.2) is 9.79 Å². The van der Waals surface area contributed by atoms with E-state index in [1.165, 1.54) is 6.20 Å². The van der Waals surface area contributed by atoms with Crippen molar-refractivity contribution in [1.29, 1.82) is 0 Å². The summed E-state index contributed by atoms with van der Waals surface area (Å²) in [6.07, 6.45) is 1.29. The zero-order valence-electron chi connectivity index (χ0n) is 28.5. The molecule has 7 aromatic rings. The van der Waals surface area contributed by atoms with E-state index in [1.54, 1.807) is 42.5 Å². The topological polar surface area (TPSA) is 114 Å². The van der Waals surface area contributed by atoms with Crippen LogP contribution in [0.5, 0.6) is 23.0 Å². The second-order valence-electron chi connectivity index (χ2n) is 12.0. The maximum absolute atomic E-state index is 13.1. The Morgan fingerprint density at radius 3 is 1.64 bits per heavy atom. The summed E-state index contributed by atoms with van der Waals surface area (Å²) >= 11 is 0. The fourth-order valence-electron chi connectivity index (χ4n) is 5.38. The van der Waals surface area contributed by atoms with Crippen LogP contribution in [0.25, 0.3) is 0 Å². The molecule has 0 spiro atoms. The van der Waals surface area contributed by atoms with Crippen molar-refractivity contribution in [2.24, 2.45) is 4.99 Å². The van der Waals surface area contributed by atoms with Gasteiger partial charge in [-0.15, -0.1) is 0 Å². The van der Waals surface area contributed by atoms with E-state index < -0.39 is 11.2 Å². The first-order valence-electron chi connectivity index (χ1n) is 16.7. The Labute approximate surface area is 305 Å². The summed E-state index contributed by atoms with van der Waals surface area (Å²) < 4.78 is 12.2. The fraction of sp³-hybridized carbons (Fsp3) is 0.0222. The minimum Gasteiger partial charge on any atom is -0.457 e. The summed E-state index contributed by atoms with van der Waals surface area (Å²) in [5.41, 5.74) is 4.96. The normalized spacial score (nSPS) is 10.9. The van der Waals surface area contributed by atoms with Gasteiger partial charge in [0.2, 0.25) is 0 Å². The lowest BCUT2D eigenvalue weighted by Gasteiger charge is -2.11. The smallest absolute Gasteiger partial charge is 0.325 e. The number of carbonyl (C=O) groups is 1. The maximum Gasteiger partial charge on any atom is 0.325 e. The Bertz CT molecular complexity index is 2600. The lowest BCUT2D eigenvalue weighted by molar-refractivity contribution is 0.103. The summed E-state index contributed by atoms with van der Waals surface area (Å²) in [4.78, 5) is 46.4. The van der Waals surface area contributed by atoms with Crippen molar-refractivity contribution >= 4 is 17.2 Å². The number of aromatic nitrogens is 2. The molecule has 256 valence electrons. The van der Waals surface area contributed by atoms with Crippen LogP contribution >= 0.6 is 0 Å². The van der Waals surface area contributed by atoms with Gasteiger partial charge in [0.15, 0.2) is 5.78 Å². The molecule has 0 amide bonds. The molecule has 0 aliphatic carbocycles. The molecule has 8 nitrogen and oxygen atoms in total. The maximum atomic E-state index is 13.1. The van der Waals surface area contributed by atoms with Crippen LogP contribution in [-0.2, 0) is 0 Å². The van der Waals surface area contributed by atoms with Crippen LogP contribution in [0.4, 0.5) is 5.69 Å². The Hall–Kier alpha value is -7.50. The van der Waals surface area contributed by atoms with Gasteiger partial charge in [0.05, 0.1) is 5.71 Å². The SMILES string of the molecule is Cc1ccc(C(=Nc2c[nH]c(=O)[nH]c2=O)c2ccc(Oc3cccc(Oc4ccc(C(=O)c5ccc(C#Cc6ccccc6)cc5)cc4)c3)cc2)cc1. The van der Waals surface area contributed by atoms with Gasteiger partial charge in [-0.2, -0.15) is 0 Å². The van der Waals surface area contributed by atoms with Crippen molar-refractivity contribution < 1.29 is 14.3 Å². The predicted octanol–water partition coefficient (Wildman–Crippen LogP) is 8.76. The van der Waals surface area contributed by atoms with Gasteiger partial charge in [0.25, 0.3) is 5.56 Å². The number of benzene rings is 6. The van der Waals surface area contributed by atoms with Gasteiger partial charge in [-0.1, -0.05) is 65.9 Å². The second kappa shape index (κ2) is 15.6. The molecule has 0 bridgehead atoms. The second-order valence-corrected chi connectivity index (χ2v) is 12.0. The molecule has 1 heterocycles. The van der Waals surface area contributed by atoms with Crippen LogP contribution in [0.2, 0.25) is 0 Å². The lowest BCUT2D eigenvalue weighted by Crippen LogP contribution is -2.21. The molecular weight excluding hydrogens is 663 g/mol. The first-order chi connectivity index (χ1) is 25.9. The van der Waals surface area contributed by atoms with Crippen LogP contribution in [0, 0.1) is 18.8 Å². The van der Waals surface area contributed by atoms with Crippen molar-refractivity contribution in [3.63, 3.8) is 0 Å². The number of ketones is 1. The van der Waals surface area contributed by atoms with E-state index in [0.29, 0.717) is 39.8 Å². The van der Waals surface area contributed by atoms with E-state index in [9.17, 15) is 14.4 Å². The summed E-state index contributed by atoms with van der Waals surface area (Å²) in [6.45, 7) is 1.99. The third kappa shape index (κ3) is 8.63. The molecule has 8 heteroatoms. The van der Waals surface area contributed by atoms with E-state index >= 15 is 0 Å². The van der Waals surface area contributed by atoms with E-state index in [1.807, 2.05) is 116 Å². The zero-order chi connectivity index (χ0) is 36.6. The highest BCUT2D eigenvalue weighted by Gasteiger charge is 2.12. The average Bonchev–Trinajstić information content (AvgIpc) is 3.18. The quantitative estimate of drug-likeness (QED) is 0.0892. The number of aliphatic imine (C=N–C) groups is 1. The van der Waals surface area contributed by atoms with Crippen LogP contribution in [0.1, 0.15) is 43.7 Å². The highest BCUT2D eigenvalue weighted by Crippen LogP contribution is 2.29. The molecule has 53 heavy (non-hydrogen) atoms. The summed E-state index contributed by atoms with van der Waals surface area (Å²) in [5, 5.41) is 0. The third-order valence-corrected chi connectivity index (χ3v) is 8.15. The summed E-state index contributed by atoms with van der Waals surface area (Å²) in [7, 11) is 0. The van der Waals surface area contributed by atoms with Crippen molar-refractivity contribution in [3.8, 4) is 34.8 Å². The van der Waals surface area contributed by atoms with Gasteiger partial charge in [-0.3, -0.25) is 14.6 Å². The molecule has 6 aromatic carbocycles. The summed E-state index contributed by atoms with van der Waals surface area (Å²) in [6, 6.07) is 46.4. The first kappa shape index (κ1) is 34.0. The van der Waals surface area contributed by atoms with E-state index in [-0.39, 0.29) is 11.5 Å². The molecule has 0 atom stereocenters. The molecule has 7 rings (SSSR count). The van der Waals surface area contributed by atoms with Crippen LogP contribution in [0.3, 0.4) is 0 Å². The Balaban J connectivity index is 1.01. The summed E-state index contributed by atoms with van der Waals surface area (Å²) in [5.74, 6) is 8.43. The molecule has 1 aromatic heterocycles. The van der Waals surface area contributed by atoms with Gasteiger partial charge < -0.3 is 14.5 Å². The first-order valence-corrected chi connectivity index (χ1v) is 16.7. The number of nitrogens with one attached hydrogen (secondary N) is 2. The Kier molecular flexibility index (Phi) is 9.99. The highest BCUT2D eigenvalue weighted by atomic mass is 16.5. The van der Waals surface area contributed by atoms with Crippen LogP contribution < -0.4 is 20.7 Å². The number of H-pyrrole nitrogens is 2. The van der Waals surface area contributed by atoms with Crippen molar-refractivity contribution in [1.82, 2.24) is 9.97 Å². The van der Waals surface area contributed by atoms with Crippen LogP contribution in [0.15, 0.2) is 172 Å². The number of aryl methyl sites for hydroxylation is 1. The van der Waals surface area contributed by atoms with E-state index in [2.05, 4.69) is 26.8 Å². The average molecular weight is 694 g/mol. The van der Waals surface area contributed by atoms with Crippen molar-refractivity contribution in [2.45, 2.75) is 6.92 Å². The number of nitrogens with zero attached hydrogens (tertiary/aromatic N) is 1. The largest absolute Gasteiger partial charge is 0.457 e. The zero-order valence-corrected chi connectivity index (χ0v) is 28.5. The van der Waals surface area contributed by atoms with Crippen LogP contribution in [-0.4, -0.2) is 21.5 Å². The van der Waals surface area contributed by atoms with Crippen molar-refractivity contribution in [2.75, 3.05) is 0 Å². The van der Waals surface area contributed by atoms with Gasteiger partial charge in [0.1, 0.15) is 28.7 Å². The lowest BCUT2D eigenvalue weighted by atomic mass is 10.0. The third-order valence-electron chi connectivity index (χ3n) is 8.15. The number of rotatable bonds is 9. The minimum atomic E-state index is -0.601. The molecule has 0 radical (unpaired) electrons. The molecule has 0 aliphatic rings. The van der Waals surface area contributed by atoms with E-state index in [0.717, 1.165) is 27.8 Å². The molecule has 0 aliphatic heterocycles. The van der Waals surface area contributed by atoms with Gasteiger partial charge in [-0.05, 0) is 104 Å². The number of carbonyl (C=O) groups excluding carboxylic acids is 1. The van der Waals surface area contributed by atoms with Gasteiger partial charge in [0, 0.05) is 45.6 Å². The monoisotopic (exact) mass is 693 g/mol. The number of hydrogen-bond acceptors (Lipinski definition) is 6. The molecular formula is C45H31N3O5. The molecule has 0 saturated carbocycles. The van der Waals surface area contributed by atoms with Gasteiger partial charge >= 0.3 is 5.69 Å². The fourth-order valence-corrected chi connectivity index (χ4v) is 5.38. The minimum absolute atomic E-state index is 0.0781. The predicted molar refractivity (Wildman–Crippen MR) is 206 cm³/mol. The highest BCUT2D eigenvalue weighted by molar-refractivity contribution is 6.14.